The molecule has 86 valence electrons. The third-order valence-electron chi connectivity index (χ3n) is 2.57. The van der Waals surface area contributed by atoms with E-state index in [4.69, 9.17) is 0 Å². The van der Waals surface area contributed by atoms with Gasteiger partial charge in [0.1, 0.15) is 5.82 Å². The fourth-order valence-electron chi connectivity index (χ4n) is 1.78. The van der Waals surface area contributed by atoms with Crippen molar-refractivity contribution in [2.75, 3.05) is 0 Å². The Morgan fingerprint density at radius 2 is 2.00 bits per heavy atom. The quantitative estimate of drug-likeness (QED) is 0.739. The molecule has 2 aromatic rings. The normalized spacial score (nSPS) is 10.3. The van der Waals surface area contributed by atoms with Crippen LogP contribution in [0.3, 0.4) is 0 Å². The number of carbonyl (C=O) groups is 1. The lowest BCUT2D eigenvalue weighted by Crippen LogP contribution is -1.97. The summed E-state index contributed by atoms with van der Waals surface area (Å²) in [6.45, 7) is 3.33. The molecule has 1 aromatic heterocycles. The van der Waals surface area contributed by atoms with Crippen molar-refractivity contribution >= 4 is 5.78 Å². The summed E-state index contributed by atoms with van der Waals surface area (Å²) in [5.41, 5.74) is 2.78. The van der Waals surface area contributed by atoms with E-state index in [1.165, 1.54) is 25.1 Å². The molecule has 1 heterocycles. The Bertz CT molecular complexity index is 578. The molecule has 1 aromatic carbocycles. The topological polar surface area (TPSA) is 30.0 Å². The molecule has 0 amide bonds. The van der Waals surface area contributed by atoms with Gasteiger partial charge in [-0.1, -0.05) is 0 Å². The zero-order valence-corrected chi connectivity index (χ0v) is 9.70. The Morgan fingerprint density at radius 3 is 2.65 bits per heavy atom. The molecule has 0 aliphatic carbocycles. The van der Waals surface area contributed by atoms with Gasteiger partial charge in [0.2, 0.25) is 0 Å². The number of ketones is 1. The number of pyridine rings is 1. The number of carbonyl (C=O) groups excluding carboxylic acids is 1. The van der Waals surface area contributed by atoms with Crippen LogP contribution in [-0.2, 0) is 0 Å². The lowest BCUT2D eigenvalue weighted by atomic mass is 9.97. The number of hydrogen-bond acceptors (Lipinski definition) is 2. The smallest absolute Gasteiger partial charge is 0.160 e. The van der Waals surface area contributed by atoms with Crippen LogP contribution in [0.5, 0.6) is 0 Å². The second-order valence-electron chi connectivity index (χ2n) is 3.93. The van der Waals surface area contributed by atoms with Gasteiger partial charge in [-0.05, 0) is 55.3 Å². The van der Waals surface area contributed by atoms with Crippen LogP contribution in [0.4, 0.5) is 4.39 Å². The Kier molecular flexibility index (Phi) is 3.00. The van der Waals surface area contributed by atoms with Gasteiger partial charge in [0.05, 0.1) is 0 Å². The SMILES string of the molecule is CC(=O)c1ccc(F)cc1-c1ccnc(C)c1. The average molecular weight is 229 g/mol. The van der Waals surface area contributed by atoms with Gasteiger partial charge in [-0.3, -0.25) is 9.78 Å². The molecule has 0 unspecified atom stereocenters. The summed E-state index contributed by atoms with van der Waals surface area (Å²) in [6, 6.07) is 7.80. The van der Waals surface area contributed by atoms with Crippen LogP contribution in [0.25, 0.3) is 11.1 Å². The molecule has 0 radical (unpaired) electrons. The van der Waals surface area contributed by atoms with Gasteiger partial charge in [0.15, 0.2) is 5.78 Å². The Hall–Kier alpha value is -2.03. The first-order valence-electron chi connectivity index (χ1n) is 5.31. The lowest BCUT2D eigenvalue weighted by Gasteiger charge is -2.07. The molecule has 0 saturated carbocycles. The minimum absolute atomic E-state index is 0.0746. The van der Waals surface area contributed by atoms with Gasteiger partial charge in [-0.25, -0.2) is 4.39 Å². The summed E-state index contributed by atoms with van der Waals surface area (Å²) >= 11 is 0. The number of halogens is 1. The Labute approximate surface area is 99.1 Å². The largest absolute Gasteiger partial charge is 0.294 e. The highest BCUT2D eigenvalue weighted by Crippen LogP contribution is 2.25. The number of nitrogens with zero attached hydrogens (tertiary/aromatic N) is 1. The maximum Gasteiger partial charge on any atom is 0.160 e. The minimum atomic E-state index is -0.348. The molecule has 0 aliphatic rings. The molecule has 17 heavy (non-hydrogen) atoms. The lowest BCUT2D eigenvalue weighted by molar-refractivity contribution is 0.101. The molecule has 0 bridgehead atoms. The van der Waals surface area contributed by atoms with Crippen molar-refractivity contribution in [2.45, 2.75) is 13.8 Å². The van der Waals surface area contributed by atoms with E-state index in [0.29, 0.717) is 11.1 Å². The summed E-state index contributed by atoms with van der Waals surface area (Å²) in [6.07, 6.45) is 1.65. The second-order valence-corrected chi connectivity index (χ2v) is 3.93. The standard InChI is InChI=1S/C14H12FNO/c1-9-7-11(5-6-16-9)14-8-12(15)3-4-13(14)10(2)17/h3-8H,1-2H3. The van der Waals surface area contributed by atoms with E-state index in [-0.39, 0.29) is 11.6 Å². The molecule has 0 spiro atoms. The van der Waals surface area contributed by atoms with E-state index in [1.807, 2.05) is 13.0 Å². The van der Waals surface area contributed by atoms with Gasteiger partial charge < -0.3 is 0 Å². The van der Waals surface area contributed by atoms with Crippen LogP contribution in [0.15, 0.2) is 36.5 Å². The van der Waals surface area contributed by atoms with Crippen LogP contribution in [-0.4, -0.2) is 10.8 Å². The third-order valence-corrected chi connectivity index (χ3v) is 2.57. The molecule has 0 saturated heterocycles. The summed E-state index contributed by atoms with van der Waals surface area (Å²) in [4.78, 5) is 15.6. The van der Waals surface area contributed by atoms with Crippen LogP contribution in [0.1, 0.15) is 23.0 Å². The molecule has 0 aliphatic heterocycles. The molecule has 2 nitrogen and oxygen atoms in total. The fraction of sp³-hybridized carbons (Fsp3) is 0.143. The van der Waals surface area contributed by atoms with Crippen molar-refractivity contribution in [2.24, 2.45) is 0 Å². The van der Waals surface area contributed by atoms with E-state index >= 15 is 0 Å². The highest BCUT2D eigenvalue weighted by molar-refractivity contribution is 6.00. The third kappa shape index (κ3) is 2.38. The van der Waals surface area contributed by atoms with Gasteiger partial charge in [0, 0.05) is 17.5 Å². The molecule has 2 rings (SSSR count). The van der Waals surface area contributed by atoms with E-state index in [2.05, 4.69) is 4.98 Å². The van der Waals surface area contributed by atoms with Crippen molar-refractivity contribution in [3.05, 3.63) is 53.6 Å². The monoisotopic (exact) mass is 229 g/mol. The van der Waals surface area contributed by atoms with E-state index < -0.39 is 0 Å². The highest BCUT2D eigenvalue weighted by atomic mass is 19.1. The average Bonchev–Trinajstić information content (AvgIpc) is 2.28. The first-order chi connectivity index (χ1) is 8.08. The van der Waals surface area contributed by atoms with Crippen LogP contribution < -0.4 is 0 Å². The Balaban J connectivity index is 2.65. The number of Topliss-reactive ketones (excluding diaryl/α,β-unsaturated/α-hetero) is 1. The predicted octanol–water partition coefficient (Wildman–Crippen LogP) is 3.40. The number of benzene rings is 1. The van der Waals surface area contributed by atoms with Gasteiger partial charge in [-0.2, -0.15) is 0 Å². The molecule has 3 heteroatoms. The van der Waals surface area contributed by atoms with Crippen LogP contribution in [0.2, 0.25) is 0 Å². The second kappa shape index (κ2) is 4.45. The fourth-order valence-corrected chi connectivity index (χ4v) is 1.78. The number of rotatable bonds is 2. The maximum absolute atomic E-state index is 13.3. The van der Waals surface area contributed by atoms with Gasteiger partial charge in [-0.15, -0.1) is 0 Å². The van der Waals surface area contributed by atoms with E-state index in [1.54, 1.807) is 12.3 Å². The molecule has 0 fully saturated rings. The zero-order valence-electron chi connectivity index (χ0n) is 9.70. The summed E-state index contributed by atoms with van der Waals surface area (Å²) in [7, 11) is 0. The summed E-state index contributed by atoms with van der Waals surface area (Å²) < 4.78 is 13.3. The van der Waals surface area contributed by atoms with E-state index in [0.717, 1.165) is 11.3 Å². The highest BCUT2D eigenvalue weighted by Gasteiger charge is 2.10. The van der Waals surface area contributed by atoms with Crippen molar-refractivity contribution < 1.29 is 9.18 Å². The van der Waals surface area contributed by atoms with Crippen molar-refractivity contribution in [3.8, 4) is 11.1 Å². The van der Waals surface area contributed by atoms with Gasteiger partial charge in [0.25, 0.3) is 0 Å². The first kappa shape index (κ1) is 11.5. The number of hydrogen-bond donors (Lipinski definition) is 0. The molecular weight excluding hydrogens is 217 g/mol. The van der Waals surface area contributed by atoms with Crippen LogP contribution in [0, 0.1) is 12.7 Å². The van der Waals surface area contributed by atoms with Crippen LogP contribution >= 0.6 is 0 Å². The zero-order chi connectivity index (χ0) is 12.4. The molecule has 0 N–H and O–H groups in total. The maximum atomic E-state index is 13.3. The van der Waals surface area contributed by atoms with Gasteiger partial charge >= 0.3 is 0 Å². The Morgan fingerprint density at radius 1 is 1.24 bits per heavy atom. The number of aromatic nitrogens is 1. The van der Waals surface area contributed by atoms with Crippen molar-refractivity contribution in [1.82, 2.24) is 4.98 Å². The van der Waals surface area contributed by atoms with Crippen molar-refractivity contribution in [3.63, 3.8) is 0 Å². The summed E-state index contributed by atoms with van der Waals surface area (Å²) in [5.74, 6) is -0.422. The minimum Gasteiger partial charge on any atom is -0.294 e. The number of aryl methyl sites for hydroxylation is 1. The first-order valence-corrected chi connectivity index (χ1v) is 5.31. The molecular formula is C14H12FNO. The molecule has 0 atom stereocenters. The van der Waals surface area contributed by atoms with E-state index in [9.17, 15) is 9.18 Å². The summed E-state index contributed by atoms with van der Waals surface area (Å²) in [5, 5.41) is 0. The predicted molar refractivity (Wildman–Crippen MR) is 64.4 cm³/mol. The van der Waals surface area contributed by atoms with Crippen molar-refractivity contribution in [1.29, 1.82) is 0 Å².